The molecular weight excluding hydrogens is 422 g/mol. The fourth-order valence-corrected chi connectivity index (χ4v) is 4.16. The lowest BCUT2D eigenvalue weighted by Gasteiger charge is -2.12. The van der Waals surface area contributed by atoms with Crippen LogP contribution in [0.5, 0.6) is 5.75 Å². The van der Waals surface area contributed by atoms with Crippen molar-refractivity contribution in [1.82, 2.24) is 10.3 Å². The number of hydrogen-bond acceptors (Lipinski definition) is 5. The Hall–Kier alpha value is -3.84. The number of nitrogens with one attached hydrogen (secondary N) is 2. The molecule has 4 aromatic rings. The summed E-state index contributed by atoms with van der Waals surface area (Å²) < 4.78 is 5.28. The number of carbonyl (C=O) groups excluding carboxylic acids is 2. The van der Waals surface area contributed by atoms with Crippen LogP contribution in [0.25, 0.3) is 10.8 Å². The lowest BCUT2D eigenvalue weighted by Crippen LogP contribution is -2.33. The number of para-hydroxylation sites is 1. The smallest absolute Gasteiger partial charge is 0.252 e. The van der Waals surface area contributed by atoms with E-state index in [0.29, 0.717) is 11.3 Å². The third kappa shape index (κ3) is 5.07. The van der Waals surface area contributed by atoms with Crippen molar-refractivity contribution in [3.05, 3.63) is 90.8 Å². The van der Waals surface area contributed by atoms with Gasteiger partial charge in [-0.1, -0.05) is 42.1 Å². The molecule has 0 aliphatic heterocycles. The largest absolute Gasteiger partial charge is 0.497 e. The lowest BCUT2D eigenvalue weighted by atomic mass is 10.1. The second kappa shape index (κ2) is 9.98. The Bertz CT molecular complexity index is 1270. The van der Waals surface area contributed by atoms with Crippen molar-refractivity contribution in [3.63, 3.8) is 0 Å². The normalized spacial score (nSPS) is 10.5. The maximum absolute atomic E-state index is 12.6. The van der Waals surface area contributed by atoms with Crippen LogP contribution in [-0.2, 0) is 4.79 Å². The summed E-state index contributed by atoms with van der Waals surface area (Å²) in [5.41, 5.74) is 1.16. The van der Waals surface area contributed by atoms with Crippen LogP contribution < -0.4 is 15.4 Å². The predicted molar refractivity (Wildman–Crippen MR) is 126 cm³/mol. The molecule has 6 nitrogen and oxygen atoms in total. The summed E-state index contributed by atoms with van der Waals surface area (Å²) in [6.07, 6.45) is 3.33. The highest BCUT2D eigenvalue weighted by atomic mass is 32.2. The number of carbonyl (C=O) groups is 2. The third-order valence-corrected chi connectivity index (χ3v) is 5.83. The Kier molecular flexibility index (Phi) is 6.67. The summed E-state index contributed by atoms with van der Waals surface area (Å²) in [5, 5.41) is 7.24. The van der Waals surface area contributed by atoms with E-state index < -0.39 is 0 Å². The van der Waals surface area contributed by atoms with Crippen molar-refractivity contribution in [2.24, 2.45) is 0 Å². The van der Waals surface area contributed by atoms with E-state index in [9.17, 15) is 9.59 Å². The molecule has 0 saturated heterocycles. The van der Waals surface area contributed by atoms with Crippen molar-refractivity contribution in [3.8, 4) is 5.75 Å². The molecule has 160 valence electrons. The van der Waals surface area contributed by atoms with E-state index >= 15 is 0 Å². The number of fused-ring (bicyclic) bond motifs is 1. The molecule has 0 bridgehead atoms. The van der Waals surface area contributed by atoms with Gasteiger partial charge in [0.2, 0.25) is 5.91 Å². The maximum Gasteiger partial charge on any atom is 0.252 e. The molecule has 0 radical (unpaired) electrons. The average molecular weight is 444 g/mol. The first kappa shape index (κ1) is 21.4. The minimum absolute atomic E-state index is 0.145. The molecule has 0 fully saturated rings. The molecule has 32 heavy (non-hydrogen) atoms. The molecule has 0 saturated carbocycles. The molecule has 3 aromatic carbocycles. The molecule has 0 aliphatic rings. The zero-order chi connectivity index (χ0) is 22.3. The van der Waals surface area contributed by atoms with Crippen molar-refractivity contribution in [2.45, 2.75) is 9.79 Å². The van der Waals surface area contributed by atoms with Gasteiger partial charge in [-0.3, -0.25) is 14.6 Å². The van der Waals surface area contributed by atoms with Crippen molar-refractivity contribution in [1.29, 1.82) is 0 Å². The molecule has 0 unspecified atom stereocenters. The second-order valence-corrected chi connectivity index (χ2v) is 8.03. The number of rotatable bonds is 7. The zero-order valence-electron chi connectivity index (χ0n) is 17.4. The molecule has 7 heteroatoms. The number of hydrogen-bond donors (Lipinski definition) is 2. The minimum Gasteiger partial charge on any atom is -0.497 e. The monoisotopic (exact) mass is 443 g/mol. The summed E-state index contributed by atoms with van der Waals surface area (Å²) in [4.78, 5) is 31.2. The fraction of sp³-hybridized carbons (Fsp3) is 0.0800. The van der Waals surface area contributed by atoms with Gasteiger partial charge in [-0.05, 0) is 47.9 Å². The number of pyridine rings is 1. The van der Waals surface area contributed by atoms with Crippen LogP contribution in [0.2, 0.25) is 0 Å². The molecular formula is C25H21N3O3S. The highest BCUT2D eigenvalue weighted by Gasteiger charge is 2.13. The van der Waals surface area contributed by atoms with E-state index in [1.165, 1.54) is 11.8 Å². The Morgan fingerprint density at radius 3 is 2.72 bits per heavy atom. The van der Waals surface area contributed by atoms with Crippen molar-refractivity contribution < 1.29 is 14.3 Å². The summed E-state index contributed by atoms with van der Waals surface area (Å²) in [6, 6.07) is 22.5. The first-order valence-corrected chi connectivity index (χ1v) is 10.8. The standard InChI is InChI=1S/C25H21N3O3S/c1-31-18-7-5-8-19(14-18)32-23-11-3-2-10-22(23)28-24(29)16-27-25(30)20-9-4-6-17-12-13-26-15-21(17)20/h2-15H,16H2,1H3,(H,27,30)(H,28,29). The number of aromatic nitrogens is 1. The molecule has 0 atom stereocenters. The first-order chi connectivity index (χ1) is 15.6. The number of anilines is 1. The summed E-state index contributed by atoms with van der Waals surface area (Å²) >= 11 is 1.52. The molecule has 2 N–H and O–H groups in total. The highest BCUT2D eigenvalue weighted by Crippen LogP contribution is 2.34. The van der Waals surface area contributed by atoms with Gasteiger partial charge < -0.3 is 15.4 Å². The molecule has 1 aromatic heterocycles. The molecule has 0 aliphatic carbocycles. The van der Waals surface area contributed by atoms with Crippen LogP contribution >= 0.6 is 11.8 Å². The Morgan fingerprint density at radius 1 is 1.00 bits per heavy atom. The van der Waals surface area contributed by atoms with Crippen LogP contribution in [-0.4, -0.2) is 30.5 Å². The quantitative estimate of drug-likeness (QED) is 0.430. The van der Waals surface area contributed by atoms with Gasteiger partial charge >= 0.3 is 0 Å². The number of amides is 2. The molecule has 2 amide bonds. The van der Waals surface area contributed by atoms with Gasteiger partial charge in [0.05, 0.1) is 19.3 Å². The van der Waals surface area contributed by atoms with E-state index in [0.717, 1.165) is 26.3 Å². The predicted octanol–water partition coefficient (Wildman–Crippen LogP) is 4.76. The Labute approximate surface area is 190 Å². The van der Waals surface area contributed by atoms with Crippen LogP contribution in [0.4, 0.5) is 5.69 Å². The van der Waals surface area contributed by atoms with Gasteiger partial charge in [0, 0.05) is 33.1 Å². The van der Waals surface area contributed by atoms with Crippen LogP contribution in [0.3, 0.4) is 0 Å². The summed E-state index contributed by atoms with van der Waals surface area (Å²) in [7, 11) is 1.63. The number of ether oxygens (including phenoxy) is 1. The highest BCUT2D eigenvalue weighted by molar-refractivity contribution is 7.99. The Balaban J connectivity index is 1.42. The minimum atomic E-state index is -0.321. The Morgan fingerprint density at radius 2 is 1.84 bits per heavy atom. The molecule has 0 spiro atoms. The lowest BCUT2D eigenvalue weighted by molar-refractivity contribution is -0.115. The van der Waals surface area contributed by atoms with Crippen molar-refractivity contribution in [2.75, 3.05) is 19.0 Å². The first-order valence-electron chi connectivity index (χ1n) is 9.96. The third-order valence-electron chi connectivity index (χ3n) is 4.77. The van der Waals surface area contributed by atoms with Gasteiger partial charge in [-0.2, -0.15) is 0 Å². The summed E-state index contributed by atoms with van der Waals surface area (Å²) in [5.74, 6) is 0.135. The summed E-state index contributed by atoms with van der Waals surface area (Å²) in [6.45, 7) is -0.145. The van der Waals surface area contributed by atoms with E-state index in [1.54, 1.807) is 25.6 Å². The average Bonchev–Trinajstić information content (AvgIpc) is 2.83. The SMILES string of the molecule is COc1cccc(Sc2ccccc2NC(=O)CNC(=O)c2cccc3ccncc23)c1. The van der Waals surface area contributed by atoms with Gasteiger partial charge in [0.1, 0.15) is 5.75 Å². The topological polar surface area (TPSA) is 80.3 Å². The zero-order valence-corrected chi connectivity index (χ0v) is 18.2. The van der Waals surface area contributed by atoms with Crippen LogP contribution in [0.15, 0.2) is 95.0 Å². The number of methoxy groups -OCH3 is 1. The van der Waals surface area contributed by atoms with Crippen molar-refractivity contribution >= 4 is 40.0 Å². The van der Waals surface area contributed by atoms with Gasteiger partial charge in [-0.25, -0.2) is 0 Å². The van der Waals surface area contributed by atoms with Crippen LogP contribution in [0, 0.1) is 0 Å². The number of benzene rings is 3. The maximum atomic E-state index is 12.6. The molecule has 1 heterocycles. The van der Waals surface area contributed by atoms with Gasteiger partial charge in [-0.15, -0.1) is 0 Å². The fourth-order valence-electron chi connectivity index (χ4n) is 3.21. The van der Waals surface area contributed by atoms with E-state index in [-0.39, 0.29) is 18.4 Å². The van der Waals surface area contributed by atoms with E-state index in [1.807, 2.05) is 66.7 Å². The van der Waals surface area contributed by atoms with Gasteiger partial charge in [0.25, 0.3) is 5.91 Å². The van der Waals surface area contributed by atoms with E-state index in [4.69, 9.17) is 4.74 Å². The molecule has 4 rings (SSSR count). The number of nitrogens with zero attached hydrogens (tertiary/aromatic N) is 1. The van der Waals surface area contributed by atoms with Gasteiger partial charge in [0.15, 0.2) is 0 Å². The van der Waals surface area contributed by atoms with Crippen LogP contribution in [0.1, 0.15) is 10.4 Å². The second-order valence-electron chi connectivity index (χ2n) is 6.91. The van der Waals surface area contributed by atoms with E-state index in [2.05, 4.69) is 15.6 Å².